The fourth-order valence-electron chi connectivity index (χ4n) is 1.76. The van der Waals surface area contributed by atoms with Crippen LogP contribution in [0.25, 0.3) is 0 Å². The first kappa shape index (κ1) is 13.0. The van der Waals surface area contributed by atoms with Crippen LogP contribution >= 0.6 is 0 Å². The molecule has 0 saturated heterocycles. The third kappa shape index (κ3) is 4.65. The highest BCUT2D eigenvalue weighted by Crippen LogP contribution is 2.15. The van der Waals surface area contributed by atoms with E-state index < -0.39 is 0 Å². The molecule has 1 rings (SSSR count). The number of unbranched alkanes of at least 4 members (excludes halogenated alkanes) is 1. The highest BCUT2D eigenvalue weighted by molar-refractivity contribution is 5.12. The number of nitrogens with zero attached hydrogens (tertiary/aromatic N) is 1. The van der Waals surface area contributed by atoms with E-state index >= 15 is 0 Å². The second-order valence-electron chi connectivity index (χ2n) is 4.43. The molecular formula is C14H24NO+. The van der Waals surface area contributed by atoms with Gasteiger partial charge in [-0.3, -0.25) is 0 Å². The van der Waals surface area contributed by atoms with E-state index in [9.17, 15) is 0 Å². The molecular weight excluding hydrogens is 198 g/mol. The number of ether oxygens (including phenoxy) is 1. The van der Waals surface area contributed by atoms with Crippen molar-refractivity contribution in [2.24, 2.45) is 13.0 Å². The Morgan fingerprint density at radius 1 is 1.38 bits per heavy atom. The summed E-state index contributed by atoms with van der Waals surface area (Å²) >= 11 is 0. The maximum Gasteiger partial charge on any atom is 0.210 e. The quantitative estimate of drug-likeness (QED) is 0.646. The van der Waals surface area contributed by atoms with Gasteiger partial charge in [0.1, 0.15) is 7.05 Å². The molecule has 1 atom stereocenters. The average molecular weight is 222 g/mol. The molecule has 1 unspecified atom stereocenters. The molecule has 0 aliphatic heterocycles. The molecule has 16 heavy (non-hydrogen) atoms. The lowest BCUT2D eigenvalue weighted by atomic mass is 10.0. The van der Waals surface area contributed by atoms with E-state index in [4.69, 9.17) is 4.74 Å². The average Bonchev–Trinajstić information content (AvgIpc) is 2.29. The van der Waals surface area contributed by atoms with Gasteiger partial charge in [-0.05, 0) is 18.4 Å². The first-order chi connectivity index (χ1) is 7.76. The fraction of sp³-hybridized carbons (Fsp3) is 0.643. The smallest absolute Gasteiger partial charge is 0.210 e. The van der Waals surface area contributed by atoms with Gasteiger partial charge in [0.25, 0.3) is 0 Å². The van der Waals surface area contributed by atoms with Crippen molar-refractivity contribution in [1.82, 2.24) is 0 Å². The Hall–Kier alpha value is -1.05. The minimum absolute atomic E-state index is 0.700. The Morgan fingerprint density at radius 3 is 2.81 bits per heavy atom. The summed E-state index contributed by atoms with van der Waals surface area (Å²) in [7, 11) is 2.02. The minimum atomic E-state index is 0.700. The summed E-state index contributed by atoms with van der Waals surface area (Å²) in [6.45, 7) is 5.33. The monoisotopic (exact) mass is 222 g/mol. The van der Waals surface area contributed by atoms with Gasteiger partial charge in [-0.1, -0.05) is 33.1 Å². The van der Waals surface area contributed by atoms with Gasteiger partial charge in [-0.2, -0.15) is 0 Å². The zero-order chi connectivity index (χ0) is 11.8. The molecule has 1 aromatic heterocycles. The van der Waals surface area contributed by atoms with Crippen molar-refractivity contribution >= 4 is 0 Å². The van der Waals surface area contributed by atoms with E-state index in [1.54, 1.807) is 0 Å². The van der Waals surface area contributed by atoms with Crippen LogP contribution in [0.5, 0.6) is 5.75 Å². The van der Waals surface area contributed by atoms with Gasteiger partial charge >= 0.3 is 0 Å². The summed E-state index contributed by atoms with van der Waals surface area (Å²) in [5, 5.41) is 0. The Kier molecular flexibility index (Phi) is 5.91. The lowest BCUT2D eigenvalue weighted by Gasteiger charge is -2.14. The van der Waals surface area contributed by atoms with E-state index in [1.807, 2.05) is 36.1 Å². The summed E-state index contributed by atoms with van der Waals surface area (Å²) in [4.78, 5) is 0. The number of hydrogen-bond acceptors (Lipinski definition) is 1. The van der Waals surface area contributed by atoms with Crippen LogP contribution in [0.1, 0.15) is 39.5 Å². The van der Waals surface area contributed by atoms with Gasteiger partial charge in [0.15, 0.2) is 11.9 Å². The standard InChI is InChI=1S/C14H24NO/c1-4-6-8-13(5-2)12-16-14-9-7-10-15(3)11-14/h7,9-11,13H,4-6,8,12H2,1-3H3/q+1. The van der Waals surface area contributed by atoms with Crippen molar-refractivity contribution in [3.8, 4) is 5.75 Å². The molecule has 2 nitrogen and oxygen atoms in total. The Labute approximate surface area is 99.3 Å². The molecule has 0 radical (unpaired) electrons. The number of aryl methyl sites for hydroxylation is 1. The number of hydrogen-bond donors (Lipinski definition) is 0. The number of rotatable bonds is 7. The van der Waals surface area contributed by atoms with Crippen LogP contribution in [-0.4, -0.2) is 6.61 Å². The molecule has 90 valence electrons. The molecule has 0 fully saturated rings. The van der Waals surface area contributed by atoms with Crippen LogP contribution in [-0.2, 0) is 7.05 Å². The zero-order valence-electron chi connectivity index (χ0n) is 10.8. The predicted molar refractivity (Wildman–Crippen MR) is 66.4 cm³/mol. The molecule has 0 aliphatic rings. The van der Waals surface area contributed by atoms with E-state index in [1.165, 1.54) is 25.7 Å². The Morgan fingerprint density at radius 2 is 2.19 bits per heavy atom. The maximum atomic E-state index is 5.82. The van der Waals surface area contributed by atoms with Crippen LogP contribution in [0.2, 0.25) is 0 Å². The van der Waals surface area contributed by atoms with Crippen molar-refractivity contribution in [2.75, 3.05) is 6.61 Å². The summed E-state index contributed by atoms with van der Waals surface area (Å²) in [5.41, 5.74) is 0. The van der Waals surface area contributed by atoms with Crippen molar-refractivity contribution in [3.63, 3.8) is 0 Å². The first-order valence-corrected chi connectivity index (χ1v) is 6.34. The van der Waals surface area contributed by atoms with E-state index in [0.717, 1.165) is 12.4 Å². The molecule has 0 spiro atoms. The van der Waals surface area contributed by atoms with Crippen molar-refractivity contribution in [1.29, 1.82) is 0 Å². The third-order valence-corrected chi connectivity index (χ3v) is 2.94. The molecule has 2 heteroatoms. The molecule has 0 saturated carbocycles. The van der Waals surface area contributed by atoms with Crippen LogP contribution in [0.15, 0.2) is 24.5 Å². The third-order valence-electron chi connectivity index (χ3n) is 2.94. The molecule has 0 aliphatic carbocycles. The van der Waals surface area contributed by atoms with Gasteiger partial charge in [-0.25, -0.2) is 4.57 Å². The van der Waals surface area contributed by atoms with Crippen molar-refractivity contribution in [2.45, 2.75) is 39.5 Å². The second-order valence-corrected chi connectivity index (χ2v) is 4.43. The van der Waals surface area contributed by atoms with Gasteiger partial charge in [-0.15, -0.1) is 0 Å². The summed E-state index contributed by atoms with van der Waals surface area (Å²) in [5.74, 6) is 1.67. The largest absolute Gasteiger partial charge is 0.487 e. The highest BCUT2D eigenvalue weighted by Gasteiger charge is 2.07. The summed E-state index contributed by atoms with van der Waals surface area (Å²) in [6, 6.07) is 4.04. The molecule has 0 aromatic carbocycles. The lowest BCUT2D eigenvalue weighted by molar-refractivity contribution is -0.671. The molecule has 0 amide bonds. The first-order valence-electron chi connectivity index (χ1n) is 6.34. The predicted octanol–water partition coefficient (Wildman–Crippen LogP) is 3.11. The van der Waals surface area contributed by atoms with Gasteiger partial charge in [0.2, 0.25) is 6.20 Å². The molecule has 1 heterocycles. The summed E-state index contributed by atoms with van der Waals surface area (Å²) < 4.78 is 7.83. The number of pyridine rings is 1. The van der Waals surface area contributed by atoms with E-state index in [-0.39, 0.29) is 0 Å². The highest BCUT2D eigenvalue weighted by atomic mass is 16.5. The Bertz CT molecular complexity index is 299. The van der Waals surface area contributed by atoms with Crippen molar-refractivity contribution in [3.05, 3.63) is 24.5 Å². The maximum absolute atomic E-state index is 5.82. The fourth-order valence-corrected chi connectivity index (χ4v) is 1.76. The second kappa shape index (κ2) is 7.26. The molecule has 0 bridgehead atoms. The van der Waals surface area contributed by atoms with Gasteiger partial charge in [0.05, 0.1) is 6.61 Å². The molecule has 0 N–H and O–H groups in total. The normalized spacial score (nSPS) is 12.4. The van der Waals surface area contributed by atoms with Gasteiger partial charge in [0, 0.05) is 6.07 Å². The SMILES string of the molecule is CCCCC(CC)COc1ccc[n+](C)c1. The van der Waals surface area contributed by atoms with E-state index in [0.29, 0.717) is 5.92 Å². The zero-order valence-corrected chi connectivity index (χ0v) is 10.8. The number of aromatic nitrogens is 1. The Balaban J connectivity index is 2.37. The van der Waals surface area contributed by atoms with Crippen LogP contribution in [0.3, 0.4) is 0 Å². The van der Waals surface area contributed by atoms with Crippen LogP contribution in [0.4, 0.5) is 0 Å². The van der Waals surface area contributed by atoms with Crippen LogP contribution in [0, 0.1) is 5.92 Å². The van der Waals surface area contributed by atoms with Crippen LogP contribution < -0.4 is 9.30 Å². The minimum Gasteiger partial charge on any atom is -0.487 e. The van der Waals surface area contributed by atoms with Crippen molar-refractivity contribution < 1.29 is 9.30 Å². The lowest BCUT2D eigenvalue weighted by Crippen LogP contribution is -2.26. The van der Waals surface area contributed by atoms with E-state index in [2.05, 4.69) is 13.8 Å². The molecule has 1 aromatic rings. The van der Waals surface area contributed by atoms with Gasteiger partial charge < -0.3 is 4.74 Å². The summed E-state index contributed by atoms with van der Waals surface area (Å²) in [6.07, 6.45) is 9.11. The topological polar surface area (TPSA) is 13.1 Å².